The highest BCUT2D eigenvalue weighted by atomic mass is 35.5. The minimum Gasteiger partial charge on any atom is -0.332 e. The second-order valence-electron chi connectivity index (χ2n) is 7.93. The number of carbonyl (C=O) groups excluding carboxylic acids is 1. The SMILES string of the molecule is CC(C)N1C(=O)C[C@H](NCc2cnc(C3CC3)nc2)[C@H]1c1ccc(Cl)c(F)c1. The molecule has 5 nitrogen and oxygen atoms in total. The second-order valence-corrected chi connectivity index (χ2v) is 8.34. The standard InChI is InChI=1S/C21H24ClFN4O/c1-12(2)27-19(28)8-18(20(27)15-5-6-16(22)17(23)7-15)24-9-13-10-25-21(26-11-13)14-3-4-14/h5-7,10-12,14,18,20,24H,3-4,8-9H2,1-2H3/t18-,20+/m0/s1. The third-order valence-corrected chi connectivity index (χ3v) is 5.75. The van der Waals surface area contributed by atoms with Crippen molar-refractivity contribution in [2.24, 2.45) is 0 Å². The van der Waals surface area contributed by atoms with E-state index in [1.165, 1.54) is 18.9 Å². The van der Waals surface area contributed by atoms with Crippen molar-refractivity contribution in [3.63, 3.8) is 0 Å². The van der Waals surface area contributed by atoms with E-state index in [1.807, 2.05) is 31.1 Å². The van der Waals surface area contributed by atoms with E-state index >= 15 is 0 Å². The molecule has 1 saturated heterocycles. The average Bonchev–Trinajstić information content (AvgIpc) is 3.46. The molecule has 0 bridgehead atoms. The highest BCUT2D eigenvalue weighted by Crippen LogP contribution is 2.38. The molecule has 28 heavy (non-hydrogen) atoms. The molecule has 4 rings (SSSR count). The Morgan fingerprint density at radius 2 is 2.00 bits per heavy atom. The van der Waals surface area contributed by atoms with Crippen molar-refractivity contribution in [1.29, 1.82) is 0 Å². The summed E-state index contributed by atoms with van der Waals surface area (Å²) in [5.41, 5.74) is 1.72. The van der Waals surface area contributed by atoms with Crippen LogP contribution < -0.4 is 5.32 Å². The molecule has 1 N–H and O–H groups in total. The molecule has 0 radical (unpaired) electrons. The minimum absolute atomic E-state index is 0.0178. The largest absolute Gasteiger partial charge is 0.332 e. The summed E-state index contributed by atoms with van der Waals surface area (Å²) >= 11 is 5.85. The first kappa shape index (κ1) is 19.3. The maximum absolute atomic E-state index is 14.1. The van der Waals surface area contributed by atoms with Gasteiger partial charge in [-0.25, -0.2) is 14.4 Å². The number of carbonyl (C=O) groups is 1. The topological polar surface area (TPSA) is 58.1 Å². The number of hydrogen-bond acceptors (Lipinski definition) is 4. The van der Waals surface area contributed by atoms with Crippen LogP contribution in [0, 0.1) is 5.82 Å². The molecule has 7 heteroatoms. The number of halogens is 2. The lowest BCUT2D eigenvalue weighted by atomic mass is 9.99. The molecule has 2 heterocycles. The van der Waals surface area contributed by atoms with Crippen LogP contribution >= 0.6 is 11.6 Å². The first-order valence-corrected chi connectivity index (χ1v) is 10.1. The van der Waals surface area contributed by atoms with E-state index in [4.69, 9.17) is 11.6 Å². The van der Waals surface area contributed by atoms with Crippen molar-refractivity contribution in [2.75, 3.05) is 0 Å². The van der Waals surface area contributed by atoms with Crippen molar-refractivity contribution < 1.29 is 9.18 Å². The number of likely N-dealkylation sites (tertiary alicyclic amines) is 1. The van der Waals surface area contributed by atoms with E-state index in [-0.39, 0.29) is 29.1 Å². The van der Waals surface area contributed by atoms with Gasteiger partial charge in [-0.2, -0.15) is 0 Å². The van der Waals surface area contributed by atoms with Crippen molar-refractivity contribution in [1.82, 2.24) is 20.2 Å². The molecule has 1 aliphatic heterocycles. The number of rotatable bonds is 6. The highest BCUT2D eigenvalue weighted by Gasteiger charge is 2.41. The zero-order valence-electron chi connectivity index (χ0n) is 16.0. The Hall–Kier alpha value is -2.05. The van der Waals surface area contributed by atoms with Gasteiger partial charge >= 0.3 is 0 Å². The van der Waals surface area contributed by atoms with E-state index in [0.717, 1.165) is 17.0 Å². The Morgan fingerprint density at radius 3 is 2.61 bits per heavy atom. The molecule has 1 saturated carbocycles. The molecule has 2 fully saturated rings. The first-order valence-electron chi connectivity index (χ1n) is 9.74. The molecule has 2 aromatic rings. The zero-order valence-corrected chi connectivity index (χ0v) is 16.8. The lowest BCUT2D eigenvalue weighted by molar-refractivity contribution is -0.130. The van der Waals surface area contributed by atoms with Crippen LogP contribution in [-0.2, 0) is 11.3 Å². The quantitative estimate of drug-likeness (QED) is 0.793. The smallest absolute Gasteiger partial charge is 0.225 e. The van der Waals surface area contributed by atoms with Crippen LogP contribution in [0.1, 0.15) is 62.0 Å². The first-order chi connectivity index (χ1) is 13.4. The predicted octanol–water partition coefficient (Wildman–Crippen LogP) is 3.99. The summed E-state index contributed by atoms with van der Waals surface area (Å²) in [5.74, 6) is 1.04. The molecular formula is C21H24ClFN4O. The maximum atomic E-state index is 14.1. The summed E-state index contributed by atoms with van der Waals surface area (Å²) in [6, 6.07) is 4.43. The monoisotopic (exact) mass is 402 g/mol. The number of nitrogens with zero attached hydrogens (tertiary/aromatic N) is 3. The lowest BCUT2D eigenvalue weighted by Gasteiger charge is -2.32. The molecule has 1 aliphatic carbocycles. The Bertz CT molecular complexity index is 869. The van der Waals surface area contributed by atoms with Gasteiger partial charge in [0.1, 0.15) is 11.6 Å². The fourth-order valence-corrected chi connectivity index (χ4v) is 4.01. The van der Waals surface area contributed by atoms with Gasteiger partial charge in [-0.3, -0.25) is 4.79 Å². The van der Waals surface area contributed by atoms with Crippen LogP contribution in [0.2, 0.25) is 5.02 Å². The fourth-order valence-electron chi connectivity index (χ4n) is 3.89. The van der Waals surface area contributed by atoms with Crippen molar-refractivity contribution >= 4 is 17.5 Å². The van der Waals surface area contributed by atoms with E-state index in [2.05, 4.69) is 15.3 Å². The number of nitrogens with one attached hydrogen (secondary N) is 1. The summed E-state index contributed by atoms with van der Waals surface area (Å²) < 4.78 is 14.1. The minimum atomic E-state index is -0.468. The van der Waals surface area contributed by atoms with Gasteiger partial charge < -0.3 is 10.2 Å². The van der Waals surface area contributed by atoms with Crippen molar-refractivity contribution in [3.8, 4) is 0 Å². The van der Waals surface area contributed by atoms with Gasteiger partial charge in [0.25, 0.3) is 0 Å². The third kappa shape index (κ3) is 3.89. The van der Waals surface area contributed by atoms with Crippen LogP contribution in [0.4, 0.5) is 4.39 Å². The normalized spacial score (nSPS) is 22.3. The average molecular weight is 403 g/mol. The van der Waals surface area contributed by atoms with Gasteiger partial charge in [0.15, 0.2) is 0 Å². The van der Waals surface area contributed by atoms with Gasteiger partial charge in [0.2, 0.25) is 5.91 Å². The van der Waals surface area contributed by atoms with E-state index in [1.54, 1.807) is 12.1 Å². The van der Waals surface area contributed by atoms with Gasteiger partial charge in [-0.15, -0.1) is 0 Å². The van der Waals surface area contributed by atoms with Crippen LogP contribution in [0.25, 0.3) is 0 Å². The number of aromatic nitrogens is 2. The lowest BCUT2D eigenvalue weighted by Crippen LogP contribution is -2.39. The molecular weight excluding hydrogens is 379 g/mol. The molecule has 148 valence electrons. The van der Waals surface area contributed by atoms with Crippen molar-refractivity contribution in [3.05, 3.63) is 58.4 Å². The molecule has 1 aromatic carbocycles. The Labute approximate surface area is 169 Å². The number of hydrogen-bond donors (Lipinski definition) is 1. The molecule has 1 aromatic heterocycles. The number of amides is 1. The van der Waals surface area contributed by atoms with E-state index in [0.29, 0.717) is 18.9 Å². The highest BCUT2D eigenvalue weighted by molar-refractivity contribution is 6.30. The van der Waals surface area contributed by atoms with Crippen molar-refractivity contribution in [2.45, 2.75) is 63.7 Å². The Kier molecular flexibility index (Phi) is 5.34. The van der Waals surface area contributed by atoms with Crippen LogP contribution in [-0.4, -0.2) is 32.9 Å². The fraction of sp³-hybridized carbons (Fsp3) is 0.476. The molecule has 2 atom stereocenters. The molecule has 0 unspecified atom stereocenters. The molecule has 0 spiro atoms. The van der Waals surface area contributed by atoms with Gasteiger partial charge in [-0.05, 0) is 44.4 Å². The van der Waals surface area contributed by atoms with Crippen LogP contribution in [0.5, 0.6) is 0 Å². The number of benzene rings is 1. The van der Waals surface area contributed by atoms with E-state index in [9.17, 15) is 9.18 Å². The van der Waals surface area contributed by atoms with Crippen LogP contribution in [0.3, 0.4) is 0 Å². The molecule has 1 amide bonds. The van der Waals surface area contributed by atoms with Gasteiger partial charge in [-0.1, -0.05) is 17.7 Å². The maximum Gasteiger partial charge on any atom is 0.225 e. The summed E-state index contributed by atoms with van der Waals surface area (Å²) in [6.07, 6.45) is 6.41. The summed E-state index contributed by atoms with van der Waals surface area (Å²) in [6.45, 7) is 4.51. The van der Waals surface area contributed by atoms with Gasteiger partial charge in [0.05, 0.1) is 11.1 Å². The second kappa shape index (κ2) is 7.76. The zero-order chi connectivity index (χ0) is 19.8. The Balaban J connectivity index is 1.53. The summed E-state index contributed by atoms with van der Waals surface area (Å²) in [7, 11) is 0. The summed E-state index contributed by atoms with van der Waals surface area (Å²) in [4.78, 5) is 23.4. The van der Waals surface area contributed by atoms with Crippen LogP contribution in [0.15, 0.2) is 30.6 Å². The Morgan fingerprint density at radius 1 is 1.29 bits per heavy atom. The van der Waals surface area contributed by atoms with E-state index < -0.39 is 5.82 Å². The van der Waals surface area contributed by atoms with Gasteiger partial charge in [0, 0.05) is 48.9 Å². The predicted molar refractivity (Wildman–Crippen MR) is 105 cm³/mol. The third-order valence-electron chi connectivity index (χ3n) is 5.44. The summed E-state index contributed by atoms with van der Waals surface area (Å²) in [5, 5.41) is 3.55. The molecule has 2 aliphatic rings.